The summed E-state index contributed by atoms with van der Waals surface area (Å²) in [6, 6.07) is 11.9. The molecule has 3 fully saturated rings. The van der Waals surface area contributed by atoms with Crippen LogP contribution in [0, 0.1) is 35.5 Å². The summed E-state index contributed by atoms with van der Waals surface area (Å²) in [5, 5.41) is 3.20. The molecule has 1 N–H and O–H groups in total. The topological polar surface area (TPSA) is 66.5 Å². The molecule has 2 aromatic carbocycles. The Balaban J connectivity index is 1.28. The number of halogens is 2. The summed E-state index contributed by atoms with van der Waals surface area (Å²) >= 11 is 9.54. The second kappa shape index (κ2) is 6.78. The maximum Gasteiger partial charge on any atom is 0.255 e. The number of rotatable bonds is 3. The minimum Gasteiger partial charge on any atom is -0.321 e. The van der Waals surface area contributed by atoms with Crippen LogP contribution in [0.15, 0.2) is 59.1 Å². The van der Waals surface area contributed by atoms with Crippen LogP contribution in [0.25, 0.3) is 0 Å². The molecule has 1 heterocycles. The van der Waals surface area contributed by atoms with Crippen LogP contribution < -0.4 is 10.2 Å². The van der Waals surface area contributed by atoms with Crippen molar-refractivity contribution in [2.75, 3.05) is 10.2 Å². The van der Waals surface area contributed by atoms with E-state index in [1.165, 1.54) is 4.90 Å². The summed E-state index contributed by atoms with van der Waals surface area (Å²) in [5.41, 5.74) is 1.30. The van der Waals surface area contributed by atoms with Crippen molar-refractivity contribution in [1.82, 2.24) is 0 Å². The molecule has 4 aliphatic carbocycles. The van der Waals surface area contributed by atoms with E-state index in [2.05, 4.69) is 33.4 Å². The van der Waals surface area contributed by atoms with Crippen LogP contribution in [-0.4, -0.2) is 17.7 Å². The first-order valence-corrected chi connectivity index (χ1v) is 11.5. The molecule has 1 saturated heterocycles. The fraction of sp³-hybridized carbons (Fsp3) is 0.292. The summed E-state index contributed by atoms with van der Waals surface area (Å²) < 4.78 is 0.811. The van der Waals surface area contributed by atoms with E-state index in [0.29, 0.717) is 33.8 Å². The average Bonchev–Trinajstić information content (AvgIpc) is 3.53. The number of allylic oxidation sites excluding steroid dienone is 2. The summed E-state index contributed by atoms with van der Waals surface area (Å²) in [7, 11) is 0. The Morgan fingerprint density at radius 3 is 2.32 bits per heavy atom. The Labute approximate surface area is 192 Å². The van der Waals surface area contributed by atoms with Gasteiger partial charge < -0.3 is 5.32 Å². The van der Waals surface area contributed by atoms with Gasteiger partial charge in [0.25, 0.3) is 5.91 Å². The van der Waals surface area contributed by atoms with E-state index in [-0.39, 0.29) is 41.4 Å². The molecule has 5 aliphatic rings. The van der Waals surface area contributed by atoms with Gasteiger partial charge in [-0.2, -0.15) is 0 Å². The number of carbonyl (C=O) groups excluding carboxylic acids is 3. The van der Waals surface area contributed by atoms with Crippen molar-refractivity contribution in [1.29, 1.82) is 0 Å². The highest BCUT2D eigenvalue weighted by Crippen LogP contribution is 2.65. The summed E-state index contributed by atoms with van der Waals surface area (Å²) in [5.74, 6) is 0.323. The van der Waals surface area contributed by atoms with Gasteiger partial charge in [-0.05, 0) is 66.5 Å². The summed E-state index contributed by atoms with van der Waals surface area (Å²) in [4.78, 5) is 40.7. The number of amides is 3. The third-order valence-corrected chi connectivity index (χ3v) is 8.01. The van der Waals surface area contributed by atoms with Crippen LogP contribution in [0.4, 0.5) is 11.4 Å². The molecule has 156 valence electrons. The molecule has 0 aromatic heterocycles. The predicted octanol–water partition coefficient (Wildman–Crippen LogP) is 4.91. The van der Waals surface area contributed by atoms with E-state index in [4.69, 9.17) is 11.6 Å². The second-order valence-electron chi connectivity index (χ2n) is 8.80. The molecule has 0 spiro atoms. The monoisotopic (exact) mass is 496 g/mol. The Morgan fingerprint density at radius 2 is 1.68 bits per heavy atom. The van der Waals surface area contributed by atoms with Crippen LogP contribution in [0.2, 0.25) is 5.02 Å². The number of carbonyl (C=O) groups is 3. The predicted molar refractivity (Wildman–Crippen MR) is 121 cm³/mol. The lowest BCUT2D eigenvalue weighted by Gasteiger charge is -2.37. The highest BCUT2D eigenvalue weighted by Gasteiger charge is 2.67. The molecular weight excluding hydrogens is 480 g/mol. The van der Waals surface area contributed by atoms with Crippen LogP contribution in [0.5, 0.6) is 0 Å². The highest BCUT2D eigenvalue weighted by atomic mass is 79.9. The molecule has 2 aromatic rings. The van der Waals surface area contributed by atoms with Gasteiger partial charge in [0.05, 0.1) is 28.2 Å². The van der Waals surface area contributed by atoms with Gasteiger partial charge in [0, 0.05) is 10.0 Å². The molecule has 7 rings (SSSR count). The van der Waals surface area contributed by atoms with Crippen molar-refractivity contribution in [3.05, 3.63) is 69.7 Å². The summed E-state index contributed by atoms with van der Waals surface area (Å²) in [6.45, 7) is 0. The average molecular weight is 498 g/mol. The Hall–Kier alpha value is -2.44. The van der Waals surface area contributed by atoms with Gasteiger partial charge in [-0.15, -0.1) is 0 Å². The first-order valence-electron chi connectivity index (χ1n) is 10.4. The normalized spacial score (nSPS) is 32.1. The number of hydrogen-bond acceptors (Lipinski definition) is 3. The van der Waals surface area contributed by atoms with E-state index < -0.39 is 0 Å². The minimum atomic E-state index is -0.356. The van der Waals surface area contributed by atoms with Gasteiger partial charge >= 0.3 is 0 Å². The first-order chi connectivity index (χ1) is 14.9. The lowest BCUT2D eigenvalue weighted by molar-refractivity contribution is -0.124. The van der Waals surface area contributed by atoms with Crippen molar-refractivity contribution in [3.8, 4) is 0 Å². The van der Waals surface area contributed by atoms with Gasteiger partial charge in [0.1, 0.15) is 0 Å². The first kappa shape index (κ1) is 19.3. The number of nitrogens with zero attached hydrogens (tertiary/aromatic N) is 1. The molecule has 2 bridgehead atoms. The van der Waals surface area contributed by atoms with Crippen molar-refractivity contribution >= 4 is 56.6 Å². The van der Waals surface area contributed by atoms with Gasteiger partial charge in [-0.25, -0.2) is 4.90 Å². The van der Waals surface area contributed by atoms with Gasteiger partial charge in [0.2, 0.25) is 11.8 Å². The smallest absolute Gasteiger partial charge is 0.255 e. The number of benzene rings is 2. The standard InChI is InChI=1S/C24H18BrClN2O3/c25-12-4-7-19(18(26)9-12)27-22(29)11-2-1-3-13(8-11)28-23(30)20-14-5-6-15(17-10-16(14)17)21(20)24(28)31/h1-9,14-17,20-21H,10H2,(H,27,29)/t14-,15-,16-,17+,20+,21+/m0/s1. The lowest BCUT2D eigenvalue weighted by Crippen LogP contribution is -2.40. The zero-order chi connectivity index (χ0) is 21.4. The van der Waals surface area contributed by atoms with E-state index in [1.807, 2.05) is 0 Å². The van der Waals surface area contributed by atoms with E-state index in [0.717, 1.165) is 10.9 Å². The van der Waals surface area contributed by atoms with Crippen LogP contribution in [0.3, 0.4) is 0 Å². The number of hydrogen-bond donors (Lipinski definition) is 1. The van der Waals surface area contributed by atoms with Gasteiger partial charge in [-0.3, -0.25) is 14.4 Å². The highest BCUT2D eigenvalue weighted by molar-refractivity contribution is 9.10. The van der Waals surface area contributed by atoms with Gasteiger partial charge in [-0.1, -0.05) is 45.7 Å². The maximum absolute atomic E-state index is 13.3. The third-order valence-electron chi connectivity index (χ3n) is 7.21. The summed E-state index contributed by atoms with van der Waals surface area (Å²) in [6.07, 6.45) is 5.44. The quantitative estimate of drug-likeness (QED) is 0.484. The number of anilines is 2. The number of imide groups is 1. The molecular formula is C24H18BrClN2O3. The SMILES string of the molecule is O=C(Nc1ccc(Br)cc1Cl)c1cccc(N2C(=O)[C@@H]3[C@H]4C=C[C@@H]([C@@H]5C[C@H]45)[C@H]3C2=O)c1. The molecule has 1 aliphatic heterocycles. The Kier molecular flexibility index (Phi) is 4.21. The Morgan fingerprint density at radius 1 is 1.00 bits per heavy atom. The van der Waals surface area contributed by atoms with Crippen LogP contribution in [-0.2, 0) is 9.59 Å². The van der Waals surface area contributed by atoms with Crippen molar-refractivity contribution in [3.63, 3.8) is 0 Å². The maximum atomic E-state index is 13.3. The molecule has 5 nitrogen and oxygen atoms in total. The molecule has 0 radical (unpaired) electrons. The fourth-order valence-electron chi connectivity index (χ4n) is 5.78. The molecule has 2 saturated carbocycles. The van der Waals surface area contributed by atoms with Gasteiger partial charge in [0.15, 0.2) is 0 Å². The zero-order valence-corrected chi connectivity index (χ0v) is 18.6. The van der Waals surface area contributed by atoms with E-state index in [9.17, 15) is 14.4 Å². The zero-order valence-electron chi connectivity index (χ0n) is 16.3. The second-order valence-corrected chi connectivity index (χ2v) is 10.1. The van der Waals surface area contributed by atoms with E-state index in [1.54, 1.807) is 42.5 Å². The lowest BCUT2D eigenvalue weighted by atomic mass is 9.63. The van der Waals surface area contributed by atoms with Crippen LogP contribution >= 0.6 is 27.5 Å². The van der Waals surface area contributed by atoms with Crippen molar-refractivity contribution < 1.29 is 14.4 Å². The molecule has 6 atom stereocenters. The Bertz CT molecular complexity index is 1160. The minimum absolute atomic E-state index is 0.131. The molecule has 7 heteroatoms. The van der Waals surface area contributed by atoms with E-state index >= 15 is 0 Å². The fourth-order valence-corrected chi connectivity index (χ4v) is 6.50. The molecule has 31 heavy (non-hydrogen) atoms. The number of nitrogens with one attached hydrogen (secondary N) is 1. The van der Waals surface area contributed by atoms with Crippen molar-refractivity contribution in [2.45, 2.75) is 6.42 Å². The largest absolute Gasteiger partial charge is 0.321 e. The van der Waals surface area contributed by atoms with Crippen LogP contribution in [0.1, 0.15) is 16.8 Å². The van der Waals surface area contributed by atoms with Crippen molar-refractivity contribution in [2.24, 2.45) is 35.5 Å². The third kappa shape index (κ3) is 2.84. The molecule has 3 amide bonds. The molecule has 0 unspecified atom stereocenters.